The summed E-state index contributed by atoms with van der Waals surface area (Å²) in [7, 11) is -0.0562. The van der Waals surface area contributed by atoms with Gasteiger partial charge in [-0.1, -0.05) is 13.3 Å². The minimum absolute atomic E-state index is 0.0562. The third-order valence-electron chi connectivity index (χ3n) is 1.77. The number of hydrogen-bond donors (Lipinski definition) is 0. The lowest BCUT2D eigenvalue weighted by Crippen LogP contribution is -2.26. The summed E-state index contributed by atoms with van der Waals surface area (Å²) in [4.78, 5) is 0. The lowest BCUT2D eigenvalue weighted by Gasteiger charge is -2.11. The summed E-state index contributed by atoms with van der Waals surface area (Å²) < 4.78 is 24.2. The van der Waals surface area contributed by atoms with Crippen LogP contribution in [0.5, 0.6) is 0 Å². The molecule has 0 aromatic carbocycles. The summed E-state index contributed by atoms with van der Waals surface area (Å²) in [6.07, 6.45) is 0.0839. The average molecular weight is 197 g/mol. The second kappa shape index (κ2) is 6.70. The molecule has 1 atom stereocenters. The van der Waals surface area contributed by atoms with E-state index in [-0.39, 0.29) is 16.6 Å². The Morgan fingerprint density at radius 1 is 1.25 bits per heavy atom. The van der Waals surface area contributed by atoms with Gasteiger partial charge in [0.25, 0.3) is 6.43 Å². The molecule has 12 heavy (non-hydrogen) atoms. The van der Waals surface area contributed by atoms with Crippen molar-refractivity contribution in [3.8, 4) is 0 Å². The van der Waals surface area contributed by atoms with Gasteiger partial charge in [-0.05, 0) is 31.2 Å². The Hall–Kier alpha value is 0.210. The van der Waals surface area contributed by atoms with Crippen LogP contribution in [0.3, 0.4) is 0 Å². The normalized spacial score (nSPS) is 14.2. The Labute approximate surface area is 77.1 Å². The largest absolute Gasteiger partial charge is 0.282 e. The van der Waals surface area contributed by atoms with Crippen molar-refractivity contribution in [3.63, 3.8) is 0 Å². The van der Waals surface area contributed by atoms with Gasteiger partial charge in [0.2, 0.25) is 0 Å². The van der Waals surface area contributed by atoms with E-state index in [1.54, 1.807) is 0 Å². The highest BCUT2D eigenvalue weighted by molar-refractivity contribution is 7.97. The van der Waals surface area contributed by atoms with Gasteiger partial charge in [-0.25, -0.2) is 8.78 Å². The second-order valence-electron chi connectivity index (χ2n) is 3.20. The highest BCUT2D eigenvalue weighted by Crippen LogP contribution is 2.12. The summed E-state index contributed by atoms with van der Waals surface area (Å²) in [6.45, 7) is 6.19. The van der Waals surface area contributed by atoms with E-state index >= 15 is 0 Å². The van der Waals surface area contributed by atoms with Crippen molar-refractivity contribution in [3.05, 3.63) is 0 Å². The molecule has 1 unspecified atom stereocenters. The third-order valence-corrected chi connectivity index (χ3v) is 4.59. The van der Waals surface area contributed by atoms with Crippen molar-refractivity contribution >= 4 is 10.9 Å². The van der Waals surface area contributed by atoms with E-state index in [9.17, 15) is 8.78 Å². The van der Waals surface area contributed by atoms with Crippen LogP contribution in [0.15, 0.2) is 0 Å². The van der Waals surface area contributed by atoms with E-state index in [2.05, 4.69) is 6.92 Å². The fourth-order valence-electron chi connectivity index (χ4n) is 1.00. The third kappa shape index (κ3) is 5.81. The van der Waals surface area contributed by atoms with E-state index in [4.69, 9.17) is 0 Å². The Bertz CT molecular complexity index is 105. The van der Waals surface area contributed by atoms with Crippen LogP contribution in [-0.4, -0.2) is 23.2 Å². The van der Waals surface area contributed by atoms with Crippen LogP contribution in [-0.2, 0) is 10.9 Å². The van der Waals surface area contributed by atoms with Crippen molar-refractivity contribution in [1.82, 2.24) is 0 Å². The molecule has 0 rings (SSSR count). The first-order valence-electron chi connectivity index (χ1n) is 4.52. The Morgan fingerprint density at radius 3 is 2.17 bits per heavy atom. The molecule has 0 aliphatic heterocycles. The van der Waals surface area contributed by atoms with Crippen molar-refractivity contribution in [2.75, 3.05) is 11.5 Å². The molecule has 0 radical (unpaired) electrons. The molecule has 0 aromatic rings. The van der Waals surface area contributed by atoms with Gasteiger partial charge in [-0.3, -0.25) is 0 Å². The summed E-state index contributed by atoms with van der Waals surface area (Å²) in [6, 6.07) is 0. The quantitative estimate of drug-likeness (QED) is 0.574. The lowest BCUT2D eigenvalue weighted by atomic mass is 10.4. The zero-order valence-corrected chi connectivity index (χ0v) is 8.96. The van der Waals surface area contributed by atoms with Crippen LogP contribution in [0.1, 0.15) is 33.6 Å². The van der Waals surface area contributed by atoms with Crippen LogP contribution in [0, 0.1) is 0 Å². The molecule has 0 spiro atoms. The van der Waals surface area contributed by atoms with Crippen LogP contribution in [0.2, 0.25) is 0 Å². The van der Waals surface area contributed by atoms with E-state index in [0.29, 0.717) is 5.25 Å². The first-order valence-corrected chi connectivity index (χ1v) is 6.15. The maximum Gasteiger partial charge on any atom is 0.282 e. The van der Waals surface area contributed by atoms with Crippen molar-refractivity contribution in [2.24, 2.45) is 0 Å². The van der Waals surface area contributed by atoms with E-state index in [1.165, 1.54) is 0 Å². The summed E-state index contributed by atoms with van der Waals surface area (Å²) in [5, 5.41) is 0.422. The van der Waals surface area contributed by atoms with Crippen LogP contribution in [0.25, 0.3) is 0 Å². The van der Waals surface area contributed by atoms with E-state index in [0.717, 1.165) is 18.6 Å². The molecule has 0 saturated heterocycles. The monoisotopic (exact) mass is 197 g/mol. The molecule has 0 amide bonds. The molecule has 74 valence electrons. The molecular weight excluding hydrogens is 178 g/mol. The van der Waals surface area contributed by atoms with Gasteiger partial charge in [-0.2, -0.15) is 0 Å². The summed E-state index contributed by atoms with van der Waals surface area (Å²) in [5.74, 6) is 1.09. The maximum atomic E-state index is 12.1. The number of rotatable bonds is 6. The van der Waals surface area contributed by atoms with Gasteiger partial charge in [0.15, 0.2) is 5.75 Å². The number of alkyl halides is 2. The van der Waals surface area contributed by atoms with Crippen molar-refractivity contribution < 1.29 is 8.78 Å². The fourth-order valence-corrected chi connectivity index (χ4v) is 3.01. The van der Waals surface area contributed by atoms with E-state index in [1.807, 2.05) is 13.8 Å². The summed E-state index contributed by atoms with van der Waals surface area (Å²) >= 11 is 0. The molecule has 0 bridgehead atoms. The molecule has 0 heterocycles. The zero-order valence-electron chi connectivity index (χ0n) is 8.15. The molecule has 0 aromatic heterocycles. The number of unbranched alkanes of at least 4 members (excludes halogenated alkanes) is 1. The van der Waals surface area contributed by atoms with Gasteiger partial charge < -0.3 is 0 Å². The smallest absolute Gasteiger partial charge is 0.205 e. The predicted octanol–water partition coefficient (Wildman–Crippen LogP) is 3.08. The lowest BCUT2D eigenvalue weighted by molar-refractivity contribution is 0.176. The molecular formula is C9H19F2S+. The highest BCUT2D eigenvalue weighted by Gasteiger charge is 2.26. The molecule has 0 fully saturated rings. The van der Waals surface area contributed by atoms with Crippen LogP contribution >= 0.6 is 0 Å². The SMILES string of the molecule is CCCC[S+](CC(F)F)C(C)C. The number of halogens is 2. The number of hydrogen-bond acceptors (Lipinski definition) is 0. The first-order chi connectivity index (χ1) is 5.57. The topological polar surface area (TPSA) is 0 Å². The molecule has 0 N–H and O–H groups in total. The van der Waals surface area contributed by atoms with Gasteiger partial charge in [0.05, 0.1) is 0 Å². The van der Waals surface area contributed by atoms with Crippen molar-refractivity contribution in [1.29, 1.82) is 0 Å². The average Bonchev–Trinajstić information content (AvgIpc) is 1.96. The summed E-state index contributed by atoms with van der Waals surface area (Å²) in [5.41, 5.74) is 0. The zero-order chi connectivity index (χ0) is 9.56. The molecule has 0 saturated carbocycles. The van der Waals surface area contributed by atoms with E-state index < -0.39 is 6.43 Å². The minimum Gasteiger partial charge on any atom is -0.205 e. The second-order valence-corrected chi connectivity index (χ2v) is 5.96. The molecule has 3 heteroatoms. The Kier molecular flexibility index (Phi) is 6.81. The minimum atomic E-state index is -2.12. The standard InChI is InChI=1S/C9H19F2S/c1-4-5-6-12(8(2)3)7-9(10)11/h8-9H,4-7H2,1-3H3/q+1. The van der Waals surface area contributed by atoms with Gasteiger partial charge in [0.1, 0.15) is 11.0 Å². The maximum absolute atomic E-state index is 12.1. The highest BCUT2D eigenvalue weighted by atomic mass is 32.2. The molecule has 0 nitrogen and oxygen atoms in total. The van der Waals surface area contributed by atoms with Gasteiger partial charge in [-0.15, -0.1) is 0 Å². The van der Waals surface area contributed by atoms with Gasteiger partial charge >= 0.3 is 0 Å². The van der Waals surface area contributed by atoms with Gasteiger partial charge in [0, 0.05) is 0 Å². The van der Waals surface area contributed by atoms with Crippen molar-refractivity contribution in [2.45, 2.75) is 45.3 Å². The predicted molar refractivity (Wildman–Crippen MR) is 53.1 cm³/mol. The molecule has 0 aliphatic carbocycles. The fraction of sp³-hybridized carbons (Fsp3) is 1.00. The van der Waals surface area contributed by atoms with Crippen LogP contribution in [0.4, 0.5) is 8.78 Å². The molecule has 0 aliphatic rings. The van der Waals surface area contributed by atoms with Crippen LogP contribution < -0.4 is 0 Å². The first kappa shape index (κ1) is 12.2. The Balaban J connectivity index is 3.70. The Morgan fingerprint density at radius 2 is 1.83 bits per heavy atom.